The van der Waals surface area contributed by atoms with Crippen LogP contribution in [0.4, 0.5) is 5.82 Å². The van der Waals surface area contributed by atoms with Crippen LogP contribution in [0.5, 0.6) is 0 Å². The number of aromatic nitrogens is 2. The van der Waals surface area contributed by atoms with Crippen LogP contribution in [0.3, 0.4) is 0 Å². The van der Waals surface area contributed by atoms with Gasteiger partial charge in [0.05, 0.1) is 18.4 Å². The second-order valence-corrected chi connectivity index (χ2v) is 5.01. The van der Waals surface area contributed by atoms with E-state index in [1.165, 1.54) is 17.3 Å². The Morgan fingerprint density at radius 1 is 1.32 bits per heavy atom. The molecule has 1 heterocycles. The molecule has 19 heavy (non-hydrogen) atoms. The molecule has 0 spiro atoms. The Labute approximate surface area is 119 Å². The van der Waals surface area contributed by atoms with E-state index in [0.717, 1.165) is 12.8 Å². The summed E-state index contributed by atoms with van der Waals surface area (Å²) < 4.78 is 0. The molecule has 4 heteroatoms. The zero-order valence-electron chi connectivity index (χ0n) is 11.2. The summed E-state index contributed by atoms with van der Waals surface area (Å²) in [6.07, 6.45) is 5.37. The average Bonchev–Trinajstić information content (AvgIpc) is 2.38. The molecular weight excluding hydrogens is 258 g/mol. The van der Waals surface area contributed by atoms with E-state index >= 15 is 0 Å². The molecule has 0 bridgehead atoms. The Hall–Kier alpha value is -1.61. The van der Waals surface area contributed by atoms with Crippen LogP contribution in [-0.2, 0) is 0 Å². The lowest BCUT2D eigenvalue weighted by Crippen LogP contribution is -2.12. The molecule has 2 aromatic rings. The maximum absolute atomic E-state index is 5.86. The predicted molar refractivity (Wildman–Crippen MR) is 79.5 cm³/mol. The summed E-state index contributed by atoms with van der Waals surface area (Å²) in [6.45, 7) is 4.28. The Kier molecular flexibility index (Phi) is 4.74. The summed E-state index contributed by atoms with van der Waals surface area (Å²) in [5.74, 6) is 0.715. The average molecular weight is 276 g/mol. The molecule has 0 aliphatic rings. The molecule has 0 fully saturated rings. The molecule has 0 saturated carbocycles. The van der Waals surface area contributed by atoms with Crippen LogP contribution in [0.2, 0.25) is 5.15 Å². The first-order chi connectivity index (χ1) is 9.19. The van der Waals surface area contributed by atoms with E-state index in [1.54, 1.807) is 6.20 Å². The van der Waals surface area contributed by atoms with Crippen molar-refractivity contribution in [2.45, 2.75) is 32.7 Å². The van der Waals surface area contributed by atoms with Crippen LogP contribution in [0.15, 0.2) is 36.7 Å². The van der Waals surface area contributed by atoms with Crippen LogP contribution >= 0.6 is 11.6 Å². The number of hydrogen-bond acceptors (Lipinski definition) is 3. The maximum atomic E-state index is 5.86. The van der Waals surface area contributed by atoms with Crippen molar-refractivity contribution in [1.82, 2.24) is 9.97 Å². The van der Waals surface area contributed by atoms with E-state index in [1.807, 2.05) is 0 Å². The van der Waals surface area contributed by atoms with Crippen molar-refractivity contribution in [2.75, 3.05) is 5.32 Å². The fraction of sp³-hybridized carbons (Fsp3) is 0.333. The van der Waals surface area contributed by atoms with E-state index < -0.39 is 0 Å². The van der Waals surface area contributed by atoms with Crippen LogP contribution in [0.25, 0.3) is 0 Å². The highest BCUT2D eigenvalue weighted by Gasteiger charge is 2.11. The van der Waals surface area contributed by atoms with Crippen molar-refractivity contribution in [3.63, 3.8) is 0 Å². The highest BCUT2D eigenvalue weighted by molar-refractivity contribution is 6.29. The molecule has 1 N–H and O–H groups in total. The normalized spacial score (nSPS) is 12.2. The second-order valence-electron chi connectivity index (χ2n) is 4.63. The van der Waals surface area contributed by atoms with E-state index in [4.69, 9.17) is 11.6 Å². The van der Waals surface area contributed by atoms with Gasteiger partial charge >= 0.3 is 0 Å². The van der Waals surface area contributed by atoms with Crippen molar-refractivity contribution >= 4 is 17.4 Å². The Balaban J connectivity index is 2.21. The van der Waals surface area contributed by atoms with E-state index in [9.17, 15) is 0 Å². The van der Waals surface area contributed by atoms with Crippen LogP contribution in [0.1, 0.15) is 36.9 Å². The summed E-state index contributed by atoms with van der Waals surface area (Å²) in [5, 5.41) is 3.81. The summed E-state index contributed by atoms with van der Waals surface area (Å²) >= 11 is 5.86. The smallest absolute Gasteiger partial charge is 0.149 e. The molecule has 1 aromatic heterocycles. The van der Waals surface area contributed by atoms with Gasteiger partial charge in [0.1, 0.15) is 11.0 Å². The number of nitrogens with zero attached hydrogens (tertiary/aromatic N) is 2. The lowest BCUT2D eigenvalue weighted by molar-refractivity contribution is 0.673. The number of benzene rings is 1. The first-order valence-corrected chi connectivity index (χ1v) is 6.87. The predicted octanol–water partition coefficient (Wildman–Crippen LogP) is 4.39. The molecule has 0 amide bonds. The van der Waals surface area contributed by atoms with Gasteiger partial charge in [-0.3, -0.25) is 4.98 Å². The van der Waals surface area contributed by atoms with E-state index in [0.29, 0.717) is 11.0 Å². The standard InChI is InChI=1S/C15H18ClN3/c1-3-5-13(12-7-4-6-11(2)8-12)18-15-10-17-9-14(16)19-15/h4,6-10,13H,3,5H2,1-2H3,(H,18,19). The number of nitrogens with one attached hydrogen (secondary N) is 1. The second kappa shape index (κ2) is 6.53. The number of hydrogen-bond donors (Lipinski definition) is 1. The van der Waals surface area contributed by atoms with Gasteiger partial charge in [0.2, 0.25) is 0 Å². The molecule has 1 aromatic carbocycles. The van der Waals surface area contributed by atoms with Crippen molar-refractivity contribution in [3.05, 3.63) is 52.9 Å². The Bertz CT molecular complexity index is 542. The molecular formula is C15H18ClN3. The first kappa shape index (κ1) is 13.8. The molecule has 0 saturated heterocycles. The lowest BCUT2D eigenvalue weighted by Gasteiger charge is -2.19. The summed E-state index contributed by atoms with van der Waals surface area (Å²) in [6, 6.07) is 8.76. The molecule has 1 atom stereocenters. The maximum Gasteiger partial charge on any atom is 0.149 e. The number of rotatable bonds is 5. The SMILES string of the molecule is CCCC(Nc1cncc(Cl)n1)c1cccc(C)c1. The largest absolute Gasteiger partial charge is 0.362 e. The highest BCUT2D eigenvalue weighted by atomic mass is 35.5. The molecule has 0 radical (unpaired) electrons. The molecule has 100 valence electrons. The minimum Gasteiger partial charge on any atom is -0.362 e. The third-order valence-electron chi connectivity index (χ3n) is 2.95. The van der Waals surface area contributed by atoms with Gasteiger partial charge in [-0.15, -0.1) is 0 Å². The molecule has 0 aliphatic heterocycles. The minimum atomic E-state index is 0.234. The van der Waals surface area contributed by atoms with Crippen LogP contribution in [0, 0.1) is 6.92 Å². The van der Waals surface area contributed by atoms with E-state index in [2.05, 4.69) is 53.4 Å². The van der Waals surface area contributed by atoms with E-state index in [-0.39, 0.29) is 6.04 Å². The molecule has 3 nitrogen and oxygen atoms in total. The zero-order valence-corrected chi connectivity index (χ0v) is 12.0. The van der Waals surface area contributed by atoms with Gasteiger partial charge in [-0.05, 0) is 18.9 Å². The topological polar surface area (TPSA) is 37.8 Å². The Morgan fingerprint density at radius 2 is 2.16 bits per heavy atom. The van der Waals surface area contributed by atoms with Crippen LogP contribution in [-0.4, -0.2) is 9.97 Å². The lowest BCUT2D eigenvalue weighted by atomic mass is 10.0. The quantitative estimate of drug-likeness (QED) is 0.879. The van der Waals surface area contributed by atoms with Gasteiger partial charge in [0, 0.05) is 0 Å². The fourth-order valence-corrected chi connectivity index (χ4v) is 2.24. The number of anilines is 1. The van der Waals surface area contributed by atoms with Crippen molar-refractivity contribution in [2.24, 2.45) is 0 Å². The molecule has 1 unspecified atom stereocenters. The first-order valence-electron chi connectivity index (χ1n) is 6.49. The Morgan fingerprint density at radius 3 is 2.84 bits per heavy atom. The van der Waals surface area contributed by atoms with Crippen molar-refractivity contribution in [1.29, 1.82) is 0 Å². The van der Waals surface area contributed by atoms with Gasteiger partial charge in [-0.25, -0.2) is 4.98 Å². The number of aryl methyl sites for hydroxylation is 1. The molecule has 0 aliphatic carbocycles. The summed E-state index contributed by atoms with van der Waals surface area (Å²) in [7, 11) is 0. The monoisotopic (exact) mass is 275 g/mol. The number of halogens is 1. The third-order valence-corrected chi connectivity index (χ3v) is 3.13. The van der Waals surface area contributed by atoms with Gasteiger partial charge in [0.25, 0.3) is 0 Å². The third kappa shape index (κ3) is 3.93. The van der Waals surface area contributed by atoms with Crippen LogP contribution < -0.4 is 5.32 Å². The summed E-state index contributed by atoms with van der Waals surface area (Å²) in [4.78, 5) is 8.29. The summed E-state index contributed by atoms with van der Waals surface area (Å²) in [5.41, 5.74) is 2.53. The minimum absolute atomic E-state index is 0.234. The van der Waals surface area contributed by atoms with Crippen molar-refractivity contribution < 1.29 is 0 Å². The fourth-order valence-electron chi connectivity index (χ4n) is 2.09. The van der Waals surface area contributed by atoms with Gasteiger partial charge in [0.15, 0.2) is 0 Å². The molecule has 2 rings (SSSR count). The van der Waals surface area contributed by atoms with Gasteiger partial charge < -0.3 is 5.32 Å². The van der Waals surface area contributed by atoms with Gasteiger partial charge in [-0.1, -0.05) is 54.8 Å². The zero-order chi connectivity index (χ0) is 13.7. The van der Waals surface area contributed by atoms with Gasteiger partial charge in [-0.2, -0.15) is 0 Å². The van der Waals surface area contributed by atoms with Crippen molar-refractivity contribution in [3.8, 4) is 0 Å². The highest BCUT2D eigenvalue weighted by Crippen LogP contribution is 2.24.